The third-order valence-electron chi connectivity index (χ3n) is 9.21. The highest BCUT2D eigenvalue weighted by atomic mass is 19.3. The summed E-state index contributed by atoms with van der Waals surface area (Å²) in [4.78, 5) is 23.2. The molecule has 190 valence electrons. The Bertz CT molecular complexity index is 1220. The first-order chi connectivity index (χ1) is 17.0. The summed E-state index contributed by atoms with van der Waals surface area (Å²) < 4.78 is 35.7. The normalized spacial score (nSPS) is 33.7. The van der Waals surface area contributed by atoms with Crippen molar-refractivity contribution in [2.75, 3.05) is 6.61 Å². The van der Waals surface area contributed by atoms with E-state index in [9.17, 15) is 14.7 Å². The van der Waals surface area contributed by atoms with Crippen LogP contribution in [0.2, 0.25) is 0 Å². The summed E-state index contributed by atoms with van der Waals surface area (Å²) in [6, 6.07) is 7.09. The zero-order valence-corrected chi connectivity index (χ0v) is 20.2. The van der Waals surface area contributed by atoms with Crippen molar-refractivity contribution in [3.63, 3.8) is 0 Å². The number of carbonyl (C=O) groups is 2. The Morgan fingerprint density at radius 1 is 1.28 bits per heavy atom. The van der Waals surface area contributed by atoms with Gasteiger partial charge >= 0.3 is 11.9 Å². The van der Waals surface area contributed by atoms with Crippen LogP contribution in [0.1, 0.15) is 63.4 Å². The van der Waals surface area contributed by atoms with E-state index < -0.39 is 29.5 Å². The molecule has 0 aromatic heterocycles. The first kappa shape index (κ1) is 24.7. The highest BCUT2D eigenvalue weighted by Gasteiger charge is 2.71. The van der Waals surface area contributed by atoms with Crippen molar-refractivity contribution in [2.45, 2.75) is 69.3 Å². The first-order valence-corrected chi connectivity index (χ1v) is 12.5. The van der Waals surface area contributed by atoms with Gasteiger partial charge in [-0.3, -0.25) is 4.79 Å². The summed E-state index contributed by atoms with van der Waals surface area (Å²) >= 11 is 0. The molecule has 5 atom stereocenters. The topological polar surface area (TPSA) is 83.8 Å². The van der Waals surface area contributed by atoms with Gasteiger partial charge in [0.1, 0.15) is 11.4 Å². The van der Waals surface area contributed by atoms with Gasteiger partial charge in [0.2, 0.25) is 0 Å². The number of aliphatic hydroxyl groups is 1. The van der Waals surface area contributed by atoms with Crippen molar-refractivity contribution >= 4 is 11.8 Å². The molecule has 0 aliphatic heterocycles. The molecule has 2 saturated carbocycles. The van der Waals surface area contributed by atoms with E-state index in [-0.39, 0.29) is 36.4 Å². The fourth-order valence-corrected chi connectivity index (χ4v) is 7.57. The van der Waals surface area contributed by atoms with E-state index in [2.05, 4.69) is 0 Å². The minimum atomic E-state index is -3.67. The monoisotopic (exact) mass is 496 g/mol. The molecule has 2 unspecified atom stereocenters. The lowest BCUT2D eigenvalue weighted by Crippen LogP contribution is -2.60. The molecule has 5 nitrogen and oxygen atoms in total. The molecule has 2 N–H and O–H groups in total. The summed E-state index contributed by atoms with van der Waals surface area (Å²) in [6.07, 6.45) is 10.1. The smallest absolute Gasteiger partial charge is 0.341 e. The Balaban J connectivity index is 1.66. The SMILES string of the molecule is C#CC(F)(F)[C@]1(O)CCC2C3CCC4=CC(=O)CCC4=C3[C@@H](c3cccc(OCC(=O)O)c3)C[C@@]21C. The van der Waals surface area contributed by atoms with Gasteiger partial charge in [0.25, 0.3) is 0 Å². The molecule has 1 aromatic carbocycles. The number of carboxylic acid groups (broad SMARTS) is 1. The molecule has 7 heteroatoms. The van der Waals surface area contributed by atoms with Gasteiger partial charge in [0, 0.05) is 17.8 Å². The summed E-state index contributed by atoms with van der Waals surface area (Å²) in [5.41, 5.74) is 0.712. The number of terminal acetylenes is 1. The number of hydrogen-bond donors (Lipinski definition) is 2. The maximum atomic E-state index is 15.1. The first-order valence-electron chi connectivity index (χ1n) is 12.5. The molecule has 0 heterocycles. The number of halogens is 2. The summed E-state index contributed by atoms with van der Waals surface area (Å²) in [7, 11) is 0. The van der Waals surface area contributed by atoms with E-state index in [4.69, 9.17) is 16.3 Å². The molecule has 5 rings (SSSR count). The van der Waals surface area contributed by atoms with Crippen LogP contribution in [-0.4, -0.2) is 40.1 Å². The molecule has 0 saturated heterocycles. The van der Waals surface area contributed by atoms with E-state index >= 15 is 8.78 Å². The Hall–Kier alpha value is -2.98. The van der Waals surface area contributed by atoms with Crippen LogP contribution in [0.25, 0.3) is 0 Å². The average molecular weight is 497 g/mol. The summed E-state index contributed by atoms with van der Waals surface area (Å²) in [6.45, 7) is 1.26. The van der Waals surface area contributed by atoms with Crippen molar-refractivity contribution in [1.82, 2.24) is 0 Å². The number of ketones is 1. The van der Waals surface area contributed by atoms with Crippen molar-refractivity contribution in [2.24, 2.45) is 17.3 Å². The lowest BCUT2D eigenvalue weighted by molar-refractivity contribution is -0.209. The van der Waals surface area contributed by atoms with E-state index in [0.717, 1.165) is 23.1 Å². The molecule has 4 aliphatic rings. The number of benzene rings is 1. The maximum absolute atomic E-state index is 15.1. The molecule has 2 fully saturated rings. The van der Waals surface area contributed by atoms with Crippen molar-refractivity contribution in [1.29, 1.82) is 0 Å². The minimum absolute atomic E-state index is 0.0136. The van der Waals surface area contributed by atoms with Crippen LogP contribution in [-0.2, 0) is 9.59 Å². The quantitative estimate of drug-likeness (QED) is 0.558. The molecule has 4 aliphatic carbocycles. The van der Waals surface area contributed by atoms with Crippen LogP contribution in [0, 0.1) is 29.6 Å². The van der Waals surface area contributed by atoms with E-state index in [0.29, 0.717) is 31.4 Å². The standard InChI is InChI=1S/C29H30F2O5/c1-3-29(30,31)28(35)12-11-24-22-9-7-18-13-19(32)8-10-21(18)26(22)23(15-27(24,28)2)17-5-4-6-20(14-17)36-16-25(33)34/h1,4-6,13-14,22-24,35H,7-12,15-16H2,2H3,(H,33,34)/t22?,23-,24?,27+,28+/m1/s1. The Labute approximate surface area is 209 Å². The third-order valence-corrected chi connectivity index (χ3v) is 9.21. The van der Waals surface area contributed by atoms with Gasteiger partial charge < -0.3 is 14.9 Å². The molecule has 1 aromatic rings. The Morgan fingerprint density at radius 2 is 2.06 bits per heavy atom. The van der Waals surface area contributed by atoms with Crippen LogP contribution < -0.4 is 4.74 Å². The number of fused-ring (bicyclic) bond motifs is 4. The number of allylic oxidation sites excluding steroid dienone is 4. The minimum Gasteiger partial charge on any atom is -0.482 e. The summed E-state index contributed by atoms with van der Waals surface area (Å²) in [5, 5.41) is 20.6. The lowest BCUT2D eigenvalue weighted by Gasteiger charge is -2.55. The average Bonchev–Trinajstić information content (AvgIpc) is 3.14. The lowest BCUT2D eigenvalue weighted by atomic mass is 9.50. The Morgan fingerprint density at radius 3 is 2.78 bits per heavy atom. The predicted octanol–water partition coefficient (Wildman–Crippen LogP) is 5.05. The van der Waals surface area contributed by atoms with Crippen LogP contribution in [0.5, 0.6) is 5.75 Å². The van der Waals surface area contributed by atoms with Crippen LogP contribution in [0.3, 0.4) is 0 Å². The molecule has 36 heavy (non-hydrogen) atoms. The highest BCUT2D eigenvalue weighted by molar-refractivity contribution is 5.93. The second-order valence-electron chi connectivity index (χ2n) is 10.9. The zero-order chi connectivity index (χ0) is 25.9. The number of ether oxygens (including phenoxy) is 1. The van der Waals surface area contributed by atoms with Crippen molar-refractivity contribution in [3.05, 3.63) is 52.6 Å². The van der Waals surface area contributed by atoms with Crippen molar-refractivity contribution in [3.8, 4) is 18.1 Å². The number of carbonyl (C=O) groups excluding carboxylic acids is 1. The second kappa shape index (κ2) is 8.55. The molecule has 0 radical (unpaired) electrons. The second-order valence-corrected chi connectivity index (χ2v) is 10.9. The van der Waals surface area contributed by atoms with E-state index in [1.807, 2.05) is 6.07 Å². The fraction of sp³-hybridized carbons (Fsp3) is 0.517. The number of aliphatic carboxylic acids is 1. The predicted molar refractivity (Wildman–Crippen MR) is 129 cm³/mol. The van der Waals surface area contributed by atoms with Gasteiger partial charge in [0.15, 0.2) is 12.4 Å². The number of hydrogen-bond acceptors (Lipinski definition) is 4. The van der Waals surface area contributed by atoms with Gasteiger partial charge in [-0.05, 0) is 91.2 Å². The molecule has 0 amide bonds. The largest absolute Gasteiger partial charge is 0.482 e. The van der Waals surface area contributed by atoms with E-state index in [1.54, 1.807) is 37.1 Å². The molecule has 0 bridgehead atoms. The number of alkyl halides is 2. The highest BCUT2D eigenvalue weighted by Crippen LogP contribution is 2.69. The van der Waals surface area contributed by atoms with Gasteiger partial charge in [-0.15, -0.1) is 6.42 Å². The molecular formula is C29H30F2O5. The third kappa shape index (κ3) is 3.61. The van der Waals surface area contributed by atoms with Gasteiger partial charge in [0.05, 0.1) is 0 Å². The summed E-state index contributed by atoms with van der Waals surface area (Å²) in [5.74, 6) is -3.17. The van der Waals surface area contributed by atoms with Crippen LogP contribution in [0.15, 0.2) is 47.1 Å². The number of carboxylic acids is 1. The molecule has 0 spiro atoms. The fourth-order valence-electron chi connectivity index (χ4n) is 7.57. The van der Waals surface area contributed by atoms with Crippen LogP contribution >= 0.6 is 0 Å². The maximum Gasteiger partial charge on any atom is 0.341 e. The van der Waals surface area contributed by atoms with E-state index in [1.165, 1.54) is 5.57 Å². The Kier molecular flexibility index (Phi) is 5.87. The van der Waals surface area contributed by atoms with Crippen LogP contribution in [0.4, 0.5) is 8.78 Å². The molecular weight excluding hydrogens is 466 g/mol. The number of rotatable bonds is 5. The zero-order valence-electron chi connectivity index (χ0n) is 20.2. The van der Waals surface area contributed by atoms with Gasteiger partial charge in [-0.25, -0.2) is 4.79 Å². The van der Waals surface area contributed by atoms with Gasteiger partial charge in [-0.2, -0.15) is 8.78 Å². The van der Waals surface area contributed by atoms with Gasteiger partial charge in [-0.1, -0.05) is 24.6 Å². The van der Waals surface area contributed by atoms with Crippen molar-refractivity contribution < 1.29 is 33.3 Å².